The zero-order valence-electron chi connectivity index (χ0n) is 20.6. The van der Waals surface area contributed by atoms with Gasteiger partial charge in [0.25, 0.3) is 0 Å². The summed E-state index contributed by atoms with van der Waals surface area (Å²) >= 11 is 0. The number of ether oxygens (including phenoxy) is 2. The van der Waals surface area contributed by atoms with Gasteiger partial charge in [0.2, 0.25) is 10.0 Å². The molecule has 2 bridgehead atoms. The smallest absolute Gasteiger partial charge is 0.243 e. The fraction of sp³-hybridized carbons (Fsp3) is 0.379. The van der Waals surface area contributed by atoms with Gasteiger partial charge in [0.1, 0.15) is 11.7 Å². The van der Waals surface area contributed by atoms with E-state index in [0.717, 1.165) is 5.56 Å². The van der Waals surface area contributed by atoms with Gasteiger partial charge in [-0.15, -0.1) is 0 Å². The van der Waals surface area contributed by atoms with Gasteiger partial charge in [-0.25, -0.2) is 8.42 Å². The second-order valence-corrected chi connectivity index (χ2v) is 12.5. The van der Waals surface area contributed by atoms with E-state index in [2.05, 4.69) is 0 Å². The molecule has 0 unspecified atom stereocenters. The van der Waals surface area contributed by atoms with Crippen molar-refractivity contribution in [1.29, 1.82) is 0 Å². The lowest BCUT2D eigenvalue weighted by atomic mass is 9.74. The molecule has 1 saturated carbocycles. The van der Waals surface area contributed by atoms with Gasteiger partial charge in [0.15, 0.2) is 5.79 Å². The fourth-order valence-corrected chi connectivity index (χ4v) is 8.39. The summed E-state index contributed by atoms with van der Waals surface area (Å²) in [5, 5.41) is 12.7. The molecule has 0 spiro atoms. The SMILES string of the molecule is Cc1ccc(S(=O)(=O)N2[C@H](C(O)(c3ccccc3)c3ccccc3)[C@@H]3C[C@H]2[C@H]2OC(C)(C)O[C@@H]32)cc1. The van der Waals surface area contributed by atoms with Crippen LogP contribution in [0.25, 0.3) is 0 Å². The quantitative estimate of drug-likeness (QED) is 0.562. The van der Waals surface area contributed by atoms with Gasteiger partial charge in [-0.1, -0.05) is 78.4 Å². The highest BCUT2D eigenvalue weighted by molar-refractivity contribution is 7.89. The van der Waals surface area contributed by atoms with Gasteiger partial charge >= 0.3 is 0 Å². The van der Waals surface area contributed by atoms with E-state index in [9.17, 15) is 13.5 Å². The summed E-state index contributed by atoms with van der Waals surface area (Å²) in [6, 6.07) is 24.4. The summed E-state index contributed by atoms with van der Waals surface area (Å²) in [6.07, 6.45) is -0.140. The Labute approximate surface area is 212 Å². The van der Waals surface area contributed by atoms with Crippen molar-refractivity contribution >= 4 is 10.0 Å². The Morgan fingerprint density at radius 1 is 0.861 bits per heavy atom. The average Bonchev–Trinajstić information content (AvgIpc) is 3.52. The summed E-state index contributed by atoms with van der Waals surface area (Å²) < 4.78 is 42.8. The molecule has 0 amide bonds. The van der Waals surface area contributed by atoms with Crippen molar-refractivity contribution in [3.05, 3.63) is 102 Å². The molecule has 2 aliphatic heterocycles. The van der Waals surface area contributed by atoms with Crippen LogP contribution in [0, 0.1) is 12.8 Å². The van der Waals surface area contributed by atoms with Crippen LogP contribution < -0.4 is 0 Å². The predicted molar refractivity (Wildman–Crippen MR) is 136 cm³/mol. The average molecular weight is 506 g/mol. The monoisotopic (exact) mass is 505 g/mol. The second-order valence-electron chi connectivity index (χ2n) is 10.6. The Morgan fingerprint density at radius 3 is 1.94 bits per heavy atom. The molecule has 0 radical (unpaired) electrons. The molecule has 3 aliphatic rings. The van der Waals surface area contributed by atoms with Crippen LogP contribution >= 0.6 is 0 Å². The molecule has 6 rings (SSSR count). The molecule has 2 saturated heterocycles. The van der Waals surface area contributed by atoms with Gasteiger partial charge in [-0.3, -0.25) is 0 Å². The third-order valence-corrected chi connectivity index (χ3v) is 9.86. The van der Waals surface area contributed by atoms with Gasteiger partial charge in [0, 0.05) is 5.92 Å². The van der Waals surface area contributed by atoms with Crippen LogP contribution in [-0.2, 0) is 25.1 Å². The third kappa shape index (κ3) is 3.49. The molecule has 1 N–H and O–H groups in total. The van der Waals surface area contributed by atoms with Crippen LogP contribution in [0.3, 0.4) is 0 Å². The third-order valence-electron chi connectivity index (χ3n) is 7.94. The minimum Gasteiger partial charge on any atom is -0.379 e. The van der Waals surface area contributed by atoms with Crippen molar-refractivity contribution in [2.45, 2.75) is 67.8 Å². The van der Waals surface area contributed by atoms with E-state index in [0.29, 0.717) is 17.5 Å². The van der Waals surface area contributed by atoms with Crippen LogP contribution in [0.4, 0.5) is 0 Å². The topological polar surface area (TPSA) is 76.1 Å². The number of aryl methyl sites for hydroxylation is 1. The highest BCUT2D eigenvalue weighted by Crippen LogP contribution is 2.57. The van der Waals surface area contributed by atoms with E-state index in [1.807, 2.05) is 81.4 Å². The molecule has 1 aliphatic carbocycles. The van der Waals surface area contributed by atoms with Crippen LogP contribution in [0.2, 0.25) is 0 Å². The lowest BCUT2D eigenvalue weighted by molar-refractivity contribution is -0.156. The summed E-state index contributed by atoms with van der Waals surface area (Å²) in [4.78, 5) is 0.212. The van der Waals surface area contributed by atoms with Crippen molar-refractivity contribution in [3.8, 4) is 0 Å². The fourth-order valence-electron chi connectivity index (χ4n) is 6.49. The van der Waals surface area contributed by atoms with Crippen molar-refractivity contribution in [2.24, 2.45) is 5.92 Å². The Balaban J connectivity index is 1.57. The summed E-state index contributed by atoms with van der Waals surface area (Å²) in [7, 11) is -3.97. The number of aliphatic hydroxyl groups is 1. The maximum absolute atomic E-state index is 14.3. The van der Waals surface area contributed by atoms with Crippen molar-refractivity contribution < 1.29 is 23.0 Å². The summed E-state index contributed by atoms with van der Waals surface area (Å²) in [5.41, 5.74) is 0.675. The van der Waals surface area contributed by atoms with Gasteiger partial charge in [-0.2, -0.15) is 4.31 Å². The van der Waals surface area contributed by atoms with Crippen LogP contribution in [0.5, 0.6) is 0 Å². The van der Waals surface area contributed by atoms with Gasteiger partial charge in [0.05, 0.1) is 23.1 Å². The standard InChI is InChI=1S/C29H31NO5S/c1-19-14-16-22(17-15-19)36(32,33)30-24-18-23(25-26(24)35-28(2,3)34-25)27(30)29(31,20-10-6-4-7-11-20)21-12-8-5-9-13-21/h4-17,23-27,31H,18H2,1-3H3/t23-,24+,25+,26-,27+/m1/s1. The minimum absolute atomic E-state index is 0.212. The number of nitrogens with zero attached hydrogens (tertiary/aromatic N) is 1. The van der Waals surface area contributed by atoms with E-state index in [1.165, 1.54) is 4.31 Å². The number of hydrogen-bond donors (Lipinski definition) is 1. The predicted octanol–water partition coefficient (Wildman–Crippen LogP) is 4.21. The molecule has 3 aromatic rings. The molecule has 36 heavy (non-hydrogen) atoms. The molecule has 5 atom stereocenters. The molecule has 188 valence electrons. The lowest BCUT2D eigenvalue weighted by Gasteiger charge is -2.47. The van der Waals surface area contributed by atoms with Crippen LogP contribution in [0.1, 0.15) is 37.0 Å². The largest absolute Gasteiger partial charge is 0.379 e. The molecular weight excluding hydrogens is 474 g/mol. The number of benzene rings is 3. The zero-order valence-corrected chi connectivity index (χ0v) is 21.4. The zero-order chi connectivity index (χ0) is 25.3. The first kappa shape index (κ1) is 23.8. The highest BCUT2D eigenvalue weighted by Gasteiger charge is 2.70. The molecule has 7 heteroatoms. The molecule has 3 aromatic carbocycles. The van der Waals surface area contributed by atoms with Crippen LogP contribution in [0.15, 0.2) is 89.8 Å². The van der Waals surface area contributed by atoms with Crippen molar-refractivity contribution in [2.75, 3.05) is 0 Å². The van der Waals surface area contributed by atoms with Crippen molar-refractivity contribution in [3.63, 3.8) is 0 Å². The molecule has 0 aromatic heterocycles. The van der Waals surface area contributed by atoms with Crippen LogP contribution in [-0.4, -0.2) is 47.9 Å². The van der Waals surface area contributed by atoms with Gasteiger partial charge in [-0.05, 0) is 50.5 Å². The first-order valence-corrected chi connectivity index (χ1v) is 13.9. The normalized spacial score (nSPS) is 29.4. The number of hydrogen-bond acceptors (Lipinski definition) is 5. The minimum atomic E-state index is -3.97. The maximum atomic E-state index is 14.3. The van der Waals surface area contributed by atoms with Gasteiger partial charge < -0.3 is 14.6 Å². The first-order valence-electron chi connectivity index (χ1n) is 12.4. The first-order chi connectivity index (χ1) is 17.1. The number of sulfonamides is 1. The molecular formula is C29H31NO5S. The van der Waals surface area contributed by atoms with E-state index in [4.69, 9.17) is 9.47 Å². The Bertz CT molecular complexity index is 1320. The summed E-state index contributed by atoms with van der Waals surface area (Å²) in [6.45, 7) is 5.65. The number of fused-ring (bicyclic) bond motifs is 5. The molecule has 2 heterocycles. The number of piperidine rings is 1. The van der Waals surface area contributed by atoms with Crippen molar-refractivity contribution in [1.82, 2.24) is 4.31 Å². The number of rotatable bonds is 5. The summed E-state index contributed by atoms with van der Waals surface area (Å²) in [5.74, 6) is -1.08. The second kappa shape index (κ2) is 8.23. The lowest BCUT2D eigenvalue weighted by Crippen LogP contribution is -2.62. The Hall–Kier alpha value is -2.55. The molecule has 6 nitrogen and oxygen atoms in total. The molecule has 3 fully saturated rings. The Morgan fingerprint density at radius 2 is 1.39 bits per heavy atom. The Kier molecular flexibility index (Phi) is 5.45. The maximum Gasteiger partial charge on any atom is 0.243 e. The van der Waals surface area contributed by atoms with E-state index in [-0.39, 0.29) is 16.9 Å². The van der Waals surface area contributed by atoms with E-state index >= 15 is 0 Å². The van der Waals surface area contributed by atoms with E-state index < -0.39 is 39.6 Å². The van der Waals surface area contributed by atoms with E-state index in [1.54, 1.807) is 24.3 Å². The highest BCUT2D eigenvalue weighted by atomic mass is 32.2.